The van der Waals surface area contributed by atoms with E-state index in [0.29, 0.717) is 16.6 Å². The standard InChI is InChI=1S/C15H14Cl2N2O/c16-13-6-3-11(7-14(13)17)9-19-12-4-1-10(2-5-12)8-15(18)20/h1-7,19H,8-9H2,(H2,18,20). The monoisotopic (exact) mass is 308 g/mol. The smallest absolute Gasteiger partial charge is 0.221 e. The Kier molecular flexibility index (Phi) is 4.88. The molecule has 3 N–H and O–H groups in total. The first-order valence-corrected chi connectivity index (χ1v) is 6.85. The number of nitrogens with two attached hydrogens (primary N) is 1. The van der Waals surface area contributed by atoms with Gasteiger partial charge in [-0.15, -0.1) is 0 Å². The maximum atomic E-state index is 10.8. The highest BCUT2D eigenvalue weighted by Gasteiger charge is 2.01. The number of rotatable bonds is 5. The predicted molar refractivity (Wildman–Crippen MR) is 83.1 cm³/mol. The average molecular weight is 309 g/mol. The lowest BCUT2D eigenvalue weighted by molar-refractivity contribution is -0.117. The molecule has 0 unspecified atom stereocenters. The van der Waals surface area contributed by atoms with Crippen LogP contribution in [0.1, 0.15) is 11.1 Å². The SMILES string of the molecule is NC(=O)Cc1ccc(NCc2ccc(Cl)c(Cl)c2)cc1. The van der Waals surface area contributed by atoms with Crippen LogP contribution >= 0.6 is 23.2 Å². The van der Waals surface area contributed by atoms with Crippen LogP contribution in [0.15, 0.2) is 42.5 Å². The molecule has 0 aliphatic carbocycles. The first-order valence-electron chi connectivity index (χ1n) is 6.09. The molecule has 2 aromatic carbocycles. The summed E-state index contributed by atoms with van der Waals surface area (Å²) in [4.78, 5) is 10.8. The number of amides is 1. The van der Waals surface area contributed by atoms with E-state index in [-0.39, 0.29) is 12.3 Å². The molecular formula is C15H14Cl2N2O. The highest BCUT2D eigenvalue weighted by Crippen LogP contribution is 2.23. The van der Waals surface area contributed by atoms with E-state index in [4.69, 9.17) is 28.9 Å². The molecule has 0 aliphatic heterocycles. The molecule has 5 heteroatoms. The number of nitrogens with one attached hydrogen (secondary N) is 1. The van der Waals surface area contributed by atoms with E-state index in [9.17, 15) is 4.79 Å². The topological polar surface area (TPSA) is 55.1 Å². The van der Waals surface area contributed by atoms with Crippen LogP contribution in [-0.4, -0.2) is 5.91 Å². The van der Waals surface area contributed by atoms with Gasteiger partial charge in [0.15, 0.2) is 0 Å². The van der Waals surface area contributed by atoms with Crippen LogP contribution in [0.4, 0.5) is 5.69 Å². The van der Waals surface area contributed by atoms with Crippen molar-refractivity contribution in [3.05, 3.63) is 63.6 Å². The van der Waals surface area contributed by atoms with Crippen molar-refractivity contribution in [1.82, 2.24) is 0 Å². The van der Waals surface area contributed by atoms with E-state index in [1.165, 1.54) is 0 Å². The Hall–Kier alpha value is -1.71. The minimum atomic E-state index is -0.332. The zero-order valence-electron chi connectivity index (χ0n) is 10.7. The second kappa shape index (κ2) is 6.64. The van der Waals surface area contributed by atoms with Gasteiger partial charge in [-0.1, -0.05) is 41.4 Å². The van der Waals surface area contributed by atoms with Gasteiger partial charge in [0, 0.05) is 12.2 Å². The molecule has 3 nitrogen and oxygen atoms in total. The van der Waals surface area contributed by atoms with Crippen LogP contribution in [0, 0.1) is 0 Å². The van der Waals surface area contributed by atoms with E-state index in [0.717, 1.165) is 16.8 Å². The van der Waals surface area contributed by atoms with Gasteiger partial charge in [-0.3, -0.25) is 4.79 Å². The molecule has 20 heavy (non-hydrogen) atoms. The second-order valence-corrected chi connectivity index (χ2v) is 5.26. The van der Waals surface area contributed by atoms with E-state index in [1.54, 1.807) is 6.07 Å². The summed E-state index contributed by atoms with van der Waals surface area (Å²) in [7, 11) is 0. The van der Waals surface area contributed by atoms with Crippen molar-refractivity contribution in [1.29, 1.82) is 0 Å². The first-order chi connectivity index (χ1) is 9.54. The van der Waals surface area contributed by atoms with Crippen LogP contribution < -0.4 is 11.1 Å². The number of carbonyl (C=O) groups is 1. The average Bonchev–Trinajstić information content (AvgIpc) is 2.41. The molecule has 0 fully saturated rings. The Morgan fingerprint density at radius 1 is 1.00 bits per heavy atom. The highest BCUT2D eigenvalue weighted by molar-refractivity contribution is 6.42. The Morgan fingerprint density at radius 2 is 1.65 bits per heavy atom. The zero-order valence-corrected chi connectivity index (χ0v) is 12.2. The first kappa shape index (κ1) is 14.7. The van der Waals surface area contributed by atoms with Crippen molar-refractivity contribution in [2.45, 2.75) is 13.0 Å². The van der Waals surface area contributed by atoms with Crippen molar-refractivity contribution < 1.29 is 4.79 Å². The summed E-state index contributed by atoms with van der Waals surface area (Å²) < 4.78 is 0. The van der Waals surface area contributed by atoms with E-state index in [1.807, 2.05) is 36.4 Å². The molecule has 0 aliphatic rings. The number of hydrogen-bond donors (Lipinski definition) is 2. The van der Waals surface area contributed by atoms with Gasteiger partial charge in [0.2, 0.25) is 5.91 Å². The number of halogens is 2. The van der Waals surface area contributed by atoms with Crippen LogP contribution in [0.5, 0.6) is 0 Å². The largest absolute Gasteiger partial charge is 0.381 e. The third-order valence-electron chi connectivity index (χ3n) is 2.81. The molecule has 0 spiro atoms. The summed E-state index contributed by atoms with van der Waals surface area (Å²) in [6, 6.07) is 13.1. The predicted octanol–water partition coefficient (Wildman–Crippen LogP) is 3.63. The Bertz CT molecular complexity index is 612. The summed E-state index contributed by atoms with van der Waals surface area (Å²) in [6.45, 7) is 0.645. The lowest BCUT2D eigenvalue weighted by Crippen LogP contribution is -2.13. The number of anilines is 1. The van der Waals surface area contributed by atoms with Gasteiger partial charge in [0.25, 0.3) is 0 Å². The maximum Gasteiger partial charge on any atom is 0.221 e. The fourth-order valence-electron chi connectivity index (χ4n) is 1.80. The molecule has 2 rings (SSSR count). The Morgan fingerprint density at radius 3 is 2.25 bits per heavy atom. The van der Waals surface area contributed by atoms with Gasteiger partial charge < -0.3 is 11.1 Å². The molecule has 0 atom stereocenters. The summed E-state index contributed by atoms with van der Waals surface area (Å²) in [6.07, 6.45) is 0.257. The third-order valence-corrected chi connectivity index (χ3v) is 3.55. The lowest BCUT2D eigenvalue weighted by atomic mass is 10.1. The maximum absolute atomic E-state index is 10.8. The normalized spacial score (nSPS) is 10.3. The van der Waals surface area contributed by atoms with Gasteiger partial charge >= 0.3 is 0 Å². The van der Waals surface area contributed by atoms with Crippen molar-refractivity contribution in [3.8, 4) is 0 Å². The third kappa shape index (κ3) is 4.15. The quantitative estimate of drug-likeness (QED) is 0.886. The Labute approximate surface area is 127 Å². The number of primary amides is 1. The molecule has 0 saturated heterocycles. The zero-order chi connectivity index (χ0) is 14.5. The number of hydrogen-bond acceptors (Lipinski definition) is 2. The van der Waals surface area contributed by atoms with Crippen LogP contribution in [0.3, 0.4) is 0 Å². The molecule has 0 radical (unpaired) electrons. The molecule has 0 saturated carbocycles. The minimum absolute atomic E-state index is 0.257. The number of carbonyl (C=O) groups excluding carboxylic acids is 1. The van der Waals surface area contributed by atoms with Crippen LogP contribution in [-0.2, 0) is 17.8 Å². The molecule has 0 bridgehead atoms. The van der Waals surface area contributed by atoms with Gasteiger partial charge in [-0.05, 0) is 35.4 Å². The van der Waals surface area contributed by atoms with Crippen molar-refractivity contribution in [3.63, 3.8) is 0 Å². The van der Waals surface area contributed by atoms with Crippen LogP contribution in [0.2, 0.25) is 10.0 Å². The lowest BCUT2D eigenvalue weighted by Gasteiger charge is -2.08. The molecule has 1 amide bonds. The summed E-state index contributed by atoms with van der Waals surface area (Å²) in [5, 5.41) is 4.36. The van der Waals surface area contributed by atoms with Gasteiger partial charge in [-0.25, -0.2) is 0 Å². The highest BCUT2D eigenvalue weighted by atomic mass is 35.5. The summed E-state index contributed by atoms with van der Waals surface area (Å²) in [5.41, 5.74) is 8.05. The van der Waals surface area contributed by atoms with Crippen LogP contribution in [0.25, 0.3) is 0 Å². The Balaban J connectivity index is 1.96. The van der Waals surface area contributed by atoms with E-state index < -0.39 is 0 Å². The van der Waals surface area contributed by atoms with E-state index in [2.05, 4.69) is 5.32 Å². The number of benzene rings is 2. The van der Waals surface area contributed by atoms with Crippen molar-refractivity contribution in [2.24, 2.45) is 5.73 Å². The second-order valence-electron chi connectivity index (χ2n) is 4.44. The molecule has 2 aromatic rings. The minimum Gasteiger partial charge on any atom is -0.381 e. The molecule has 0 heterocycles. The summed E-state index contributed by atoms with van der Waals surface area (Å²) in [5.74, 6) is -0.332. The van der Waals surface area contributed by atoms with E-state index >= 15 is 0 Å². The molecular weight excluding hydrogens is 295 g/mol. The van der Waals surface area contributed by atoms with Crippen molar-refractivity contribution in [2.75, 3.05) is 5.32 Å². The van der Waals surface area contributed by atoms with Gasteiger partial charge in [-0.2, -0.15) is 0 Å². The van der Waals surface area contributed by atoms with Gasteiger partial charge in [0.1, 0.15) is 0 Å². The fourth-order valence-corrected chi connectivity index (χ4v) is 2.12. The van der Waals surface area contributed by atoms with Crippen molar-refractivity contribution >= 4 is 34.8 Å². The summed E-state index contributed by atoms with van der Waals surface area (Å²) >= 11 is 11.8. The molecule has 0 aromatic heterocycles. The fraction of sp³-hybridized carbons (Fsp3) is 0.133. The molecule has 104 valence electrons. The van der Waals surface area contributed by atoms with Gasteiger partial charge in [0.05, 0.1) is 16.5 Å².